The summed E-state index contributed by atoms with van der Waals surface area (Å²) < 4.78 is 0. The Labute approximate surface area is 106 Å². The average Bonchev–Trinajstić information content (AvgIpc) is 2.63. The Morgan fingerprint density at radius 3 is 2.41 bits per heavy atom. The van der Waals surface area contributed by atoms with E-state index < -0.39 is 6.10 Å². The van der Waals surface area contributed by atoms with Gasteiger partial charge in [-0.05, 0) is 37.5 Å². The summed E-state index contributed by atoms with van der Waals surface area (Å²) >= 11 is 1.63. The molecular formula is C14H17NOS. The SMILES string of the molecule is Cc1nc(CC(O)c2c(C)cccc2C)cs1. The maximum atomic E-state index is 10.3. The fourth-order valence-corrected chi connectivity index (χ4v) is 2.78. The van der Waals surface area contributed by atoms with Gasteiger partial charge in [-0.3, -0.25) is 0 Å². The lowest BCUT2D eigenvalue weighted by molar-refractivity contribution is 0.176. The van der Waals surface area contributed by atoms with Crippen LogP contribution in [0.5, 0.6) is 0 Å². The summed E-state index contributed by atoms with van der Waals surface area (Å²) in [7, 11) is 0. The summed E-state index contributed by atoms with van der Waals surface area (Å²) in [5.41, 5.74) is 4.30. The van der Waals surface area contributed by atoms with Gasteiger partial charge in [0.1, 0.15) is 0 Å². The van der Waals surface area contributed by atoms with Crippen LogP contribution in [0.15, 0.2) is 23.6 Å². The average molecular weight is 247 g/mol. The lowest BCUT2D eigenvalue weighted by Gasteiger charge is -2.15. The molecule has 2 rings (SSSR count). The van der Waals surface area contributed by atoms with Crippen LogP contribution >= 0.6 is 11.3 Å². The second-order valence-corrected chi connectivity index (χ2v) is 5.45. The highest BCUT2D eigenvalue weighted by Crippen LogP contribution is 2.25. The highest BCUT2D eigenvalue weighted by atomic mass is 32.1. The smallest absolute Gasteiger partial charge is 0.0897 e. The van der Waals surface area contributed by atoms with Crippen LogP contribution in [0.3, 0.4) is 0 Å². The molecule has 1 atom stereocenters. The molecular weight excluding hydrogens is 230 g/mol. The Morgan fingerprint density at radius 2 is 1.88 bits per heavy atom. The molecule has 0 aliphatic rings. The lowest BCUT2D eigenvalue weighted by atomic mass is 9.95. The zero-order valence-electron chi connectivity index (χ0n) is 10.4. The molecule has 0 radical (unpaired) electrons. The van der Waals surface area contributed by atoms with E-state index in [0.29, 0.717) is 6.42 Å². The maximum Gasteiger partial charge on any atom is 0.0897 e. The van der Waals surface area contributed by atoms with Gasteiger partial charge in [-0.2, -0.15) is 0 Å². The highest BCUT2D eigenvalue weighted by molar-refractivity contribution is 7.09. The van der Waals surface area contributed by atoms with Gasteiger partial charge >= 0.3 is 0 Å². The summed E-state index contributed by atoms with van der Waals surface area (Å²) in [6.45, 7) is 6.06. The number of hydrogen-bond acceptors (Lipinski definition) is 3. The van der Waals surface area contributed by atoms with Gasteiger partial charge in [0.2, 0.25) is 0 Å². The summed E-state index contributed by atoms with van der Waals surface area (Å²) in [4.78, 5) is 4.39. The monoisotopic (exact) mass is 247 g/mol. The van der Waals surface area contributed by atoms with Crippen molar-refractivity contribution < 1.29 is 5.11 Å². The van der Waals surface area contributed by atoms with Crippen LogP contribution in [0, 0.1) is 20.8 Å². The Balaban J connectivity index is 2.22. The first kappa shape index (κ1) is 12.3. The summed E-state index contributed by atoms with van der Waals surface area (Å²) in [5, 5.41) is 13.4. The van der Waals surface area contributed by atoms with Crippen LogP contribution < -0.4 is 0 Å². The fraction of sp³-hybridized carbons (Fsp3) is 0.357. The number of thiazole rings is 1. The Kier molecular flexibility index (Phi) is 3.60. The number of aliphatic hydroxyl groups is 1. The van der Waals surface area contributed by atoms with E-state index in [1.807, 2.05) is 44.4 Å². The molecule has 0 spiro atoms. The predicted molar refractivity (Wildman–Crippen MR) is 71.4 cm³/mol. The maximum absolute atomic E-state index is 10.3. The van der Waals surface area contributed by atoms with Gasteiger partial charge in [0, 0.05) is 11.8 Å². The fourth-order valence-electron chi connectivity index (χ4n) is 2.16. The number of nitrogens with zero attached hydrogens (tertiary/aromatic N) is 1. The van der Waals surface area contributed by atoms with Gasteiger partial charge in [0.25, 0.3) is 0 Å². The number of aromatic nitrogens is 1. The molecule has 3 heteroatoms. The van der Waals surface area contributed by atoms with Crippen molar-refractivity contribution in [3.63, 3.8) is 0 Å². The van der Waals surface area contributed by atoms with Crippen LogP contribution in [0.4, 0.5) is 0 Å². The molecule has 1 heterocycles. The number of rotatable bonds is 3. The Hall–Kier alpha value is -1.19. The number of aliphatic hydroxyl groups excluding tert-OH is 1. The van der Waals surface area contributed by atoms with Crippen molar-refractivity contribution >= 4 is 11.3 Å². The summed E-state index contributed by atoms with van der Waals surface area (Å²) in [6.07, 6.45) is 0.133. The van der Waals surface area contributed by atoms with Crippen LogP contribution in [0.25, 0.3) is 0 Å². The van der Waals surface area contributed by atoms with Gasteiger partial charge in [0.15, 0.2) is 0 Å². The Morgan fingerprint density at radius 1 is 1.24 bits per heavy atom. The van der Waals surface area contributed by atoms with Crippen LogP contribution in [-0.2, 0) is 6.42 Å². The van der Waals surface area contributed by atoms with Crippen molar-refractivity contribution in [3.05, 3.63) is 51.0 Å². The van der Waals surface area contributed by atoms with E-state index in [4.69, 9.17) is 0 Å². The first-order valence-electron chi connectivity index (χ1n) is 5.73. The van der Waals surface area contributed by atoms with E-state index in [-0.39, 0.29) is 0 Å². The molecule has 0 amide bonds. The number of benzene rings is 1. The highest BCUT2D eigenvalue weighted by Gasteiger charge is 2.14. The van der Waals surface area contributed by atoms with E-state index in [1.165, 1.54) is 0 Å². The minimum atomic E-state index is -0.460. The molecule has 0 bridgehead atoms. The number of aryl methyl sites for hydroxylation is 3. The summed E-state index contributed by atoms with van der Waals surface area (Å²) in [5.74, 6) is 0. The number of hydrogen-bond donors (Lipinski definition) is 1. The van der Waals surface area contributed by atoms with E-state index in [1.54, 1.807) is 11.3 Å². The molecule has 90 valence electrons. The molecule has 0 aliphatic heterocycles. The van der Waals surface area contributed by atoms with E-state index >= 15 is 0 Å². The van der Waals surface area contributed by atoms with E-state index in [0.717, 1.165) is 27.4 Å². The van der Waals surface area contributed by atoms with E-state index in [2.05, 4.69) is 4.98 Å². The van der Waals surface area contributed by atoms with Gasteiger partial charge in [-0.1, -0.05) is 18.2 Å². The largest absolute Gasteiger partial charge is 0.388 e. The minimum absolute atomic E-state index is 0.460. The predicted octanol–water partition coefficient (Wildman–Crippen LogP) is 3.34. The third-order valence-electron chi connectivity index (χ3n) is 2.94. The van der Waals surface area contributed by atoms with Crippen LogP contribution in [-0.4, -0.2) is 10.1 Å². The molecule has 0 fully saturated rings. The van der Waals surface area contributed by atoms with Crippen molar-refractivity contribution in [2.24, 2.45) is 0 Å². The molecule has 0 saturated heterocycles. The van der Waals surface area contributed by atoms with Crippen molar-refractivity contribution in [1.29, 1.82) is 0 Å². The summed E-state index contributed by atoms with van der Waals surface area (Å²) in [6, 6.07) is 6.10. The lowest BCUT2D eigenvalue weighted by Crippen LogP contribution is -2.06. The van der Waals surface area contributed by atoms with Gasteiger partial charge in [-0.15, -0.1) is 11.3 Å². The quantitative estimate of drug-likeness (QED) is 0.902. The van der Waals surface area contributed by atoms with Crippen molar-refractivity contribution in [3.8, 4) is 0 Å². The molecule has 0 aliphatic carbocycles. The first-order chi connectivity index (χ1) is 8.08. The van der Waals surface area contributed by atoms with Gasteiger partial charge < -0.3 is 5.11 Å². The molecule has 2 nitrogen and oxygen atoms in total. The zero-order valence-corrected chi connectivity index (χ0v) is 11.2. The molecule has 2 aromatic rings. The van der Waals surface area contributed by atoms with Crippen molar-refractivity contribution in [1.82, 2.24) is 4.98 Å². The molecule has 1 unspecified atom stereocenters. The normalized spacial score (nSPS) is 12.7. The third kappa shape index (κ3) is 2.73. The molecule has 1 aromatic heterocycles. The Bertz CT molecular complexity index is 498. The van der Waals surface area contributed by atoms with Crippen molar-refractivity contribution in [2.75, 3.05) is 0 Å². The van der Waals surface area contributed by atoms with Crippen LogP contribution in [0.1, 0.15) is 33.5 Å². The molecule has 0 saturated carbocycles. The molecule has 17 heavy (non-hydrogen) atoms. The second kappa shape index (κ2) is 4.98. The third-order valence-corrected chi connectivity index (χ3v) is 3.77. The standard InChI is InChI=1S/C14H17NOS/c1-9-5-4-6-10(2)14(9)13(16)7-12-8-17-11(3)15-12/h4-6,8,13,16H,7H2,1-3H3. The van der Waals surface area contributed by atoms with Crippen LogP contribution in [0.2, 0.25) is 0 Å². The molecule has 1 aromatic carbocycles. The van der Waals surface area contributed by atoms with Gasteiger partial charge in [0.05, 0.1) is 16.8 Å². The topological polar surface area (TPSA) is 33.1 Å². The minimum Gasteiger partial charge on any atom is -0.388 e. The zero-order chi connectivity index (χ0) is 12.4. The second-order valence-electron chi connectivity index (χ2n) is 4.38. The van der Waals surface area contributed by atoms with Crippen molar-refractivity contribution in [2.45, 2.75) is 33.3 Å². The van der Waals surface area contributed by atoms with E-state index in [9.17, 15) is 5.11 Å². The first-order valence-corrected chi connectivity index (χ1v) is 6.61. The molecule has 1 N–H and O–H groups in total. The van der Waals surface area contributed by atoms with Gasteiger partial charge in [-0.25, -0.2) is 4.98 Å².